The predicted octanol–water partition coefficient (Wildman–Crippen LogP) is 3.51. The van der Waals surface area contributed by atoms with E-state index in [-0.39, 0.29) is 5.60 Å². The van der Waals surface area contributed by atoms with Gasteiger partial charge in [-0.15, -0.1) is 0 Å². The fourth-order valence-electron chi connectivity index (χ4n) is 2.35. The van der Waals surface area contributed by atoms with Crippen LogP contribution in [0, 0.1) is 0 Å². The van der Waals surface area contributed by atoms with Crippen molar-refractivity contribution in [2.24, 2.45) is 0 Å². The van der Waals surface area contributed by atoms with Crippen LogP contribution in [0.5, 0.6) is 0 Å². The lowest BCUT2D eigenvalue weighted by Crippen LogP contribution is -2.34. The van der Waals surface area contributed by atoms with Crippen molar-refractivity contribution in [1.82, 2.24) is 0 Å². The van der Waals surface area contributed by atoms with Gasteiger partial charge in [0.15, 0.2) is 0 Å². The molecule has 1 saturated carbocycles. The Morgan fingerprint density at radius 3 is 2.33 bits per heavy atom. The average molecular weight is 316 g/mol. The van der Waals surface area contributed by atoms with Crippen LogP contribution in [0.4, 0.5) is 0 Å². The number of benzene rings is 1. The molecular formula is C13H17IO. The Kier molecular flexibility index (Phi) is 3.67. The predicted molar refractivity (Wildman–Crippen MR) is 71.5 cm³/mol. The van der Waals surface area contributed by atoms with Crippen LogP contribution in [0.3, 0.4) is 0 Å². The van der Waals surface area contributed by atoms with E-state index in [0.29, 0.717) is 5.92 Å². The van der Waals surface area contributed by atoms with Gasteiger partial charge >= 0.3 is 0 Å². The van der Waals surface area contributed by atoms with Crippen LogP contribution in [0.1, 0.15) is 37.2 Å². The third kappa shape index (κ3) is 2.72. The van der Waals surface area contributed by atoms with Crippen LogP contribution in [-0.4, -0.2) is 15.1 Å². The Labute approximate surface area is 105 Å². The Morgan fingerprint density at radius 2 is 1.80 bits per heavy atom. The number of hydrogen-bond acceptors (Lipinski definition) is 1. The fourth-order valence-corrected chi connectivity index (χ4v) is 3.11. The molecule has 1 nitrogen and oxygen atoms in total. The summed E-state index contributed by atoms with van der Waals surface area (Å²) in [6.07, 6.45) is 4.16. The van der Waals surface area contributed by atoms with E-state index in [1.54, 1.807) is 0 Å². The third-order valence-electron chi connectivity index (χ3n) is 3.44. The summed E-state index contributed by atoms with van der Waals surface area (Å²) in [5.41, 5.74) is 1.05. The van der Waals surface area contributed by atoms with Crippen molar-refractivity contribution in [3.8, 4) is 0 Å². The highest BCUT2D eigenvalue weighted by atomic mass is 127. The first kappa shape index (κ1) is 11.4. The monoisotopic (exact) mass is 316 g/mol. The van der Waals surface area contributed by atoms with E-state index in [4.69, 9.17) is 0 Å². The lowest BCUT2D eigenvalue weighted by atomic mass is 9.77. The molecule has 0 amide bonds. The highest BCUT2D eigenvalue weighted by molar-refractivity contribution is 14.1. The molecule has 2 rings (SSSR count). The van der Waals surface area contributed by atoms with Crippen LogP contribution in [0.25, 0.3) is 0 Å². The Bertz CT molecular complexity index is 302. The summed E-state index contributed by atoms with van der Waals surface area (Å²) in [6, 6.07) is 10.7. The van der Waals surface area contributed by atoms with Crippen LogP contribution >= 0.6 is 22.6 Å². The quantitative estimate of drug-likeness (QED) is 0.654. The van der Waals surface area contributed by atoms with Crippen LogP contribution in [0.15, 0.2) is 30.3 Å². The van der Waals surface area contributed by atoms with Gasteiger partial charge in [-0.05, 0) is 37.2 Å². The molecule has 1 N–H and O–H groups in total. The van der Waals surface area contributed by atoms with Crippen molar-refractivity contribution >= 4 is 22.6 Å². The molecule has 1 aromatic carbocycles. The first-order valence-corrected chi connectivity index (χ1v) is 7.09. The molecule has 1 aromatic rings. The molecule has 1 aliphatic carbocycles. The molecule has 0 heterocycles. The van der Waals surface area contributed by atoms with E-state index >= 15 is 0 Å². The molecule has 0 aliphatic heterocycles. The summed E-state index contributed by atoms with van der Waals surface area (Å²) in [4.78, 5) is 0. The molecule has 0 aromatic heterocycles. The molecule has 0 bridgehead atoms. The highest BCUT2D eigenvalue weighted by Crippen LogP contribution is 2.38. The summed E-state index contributed by atoms with van der Waals surface area (Å²) in [7, 11) is 0. The summed E-state index contributed by atoms with van der Waals surface area (Å²) >= 11 is 2.30. The summed E-state index contributed by atoms with van der Waals surface area (Å²) < 4.78 is 0.867. The van der Waals surface area contributed by atoms with E-state index in [1.165, 1.54) is 5.56 Å². The summed E-state index contributed by atoms with van der Waals surface area (Å²) in [5.74, 6) is 0.662. The van der Waals surface area contributed by atoms with E-state index in [1.807, 2.05) is 0 Å². The minimum absolute atomic E-state index is 0.383. The maximum absolute atomic E-state index is 10.1. The van der Waals surface area contributed by atoms with Gasteiger partial charge in [0.05, 0.1) is 5.60 Å². The van der Waals surface area contributed by atoms with Gasteiger partial charge in [-0.3, -0.25) is 0 Å². The van der Waals surface area contributed by atoms with Crippen molar-refractivity contribution < 1.29 is 5.11 Å². The molecule has 0 unspecified atom stereocenters. The normalized spacial score (nSPS) is 31.5. The van der Waals surface area contributed by atoms with Crippen LogP contribution in [0.2, 0.25) is 0 Å². The fraction of sp³-hybridized carbons (Fsp3) is 0.538. The van der Waals surface area contributed by atoms with E-state index in [0.717, 1.165) is 30.1 Å². The average Bonchev–Trinajstić information content (AvgIpc) is 2.31. The standard InChI is InChI=1S/C13H17IO/c14-10-13(15)8-6-12(7-9-13)11-4-2-1-3-5-11/h1-5,12,15H,6-10H2. The highest BCUT2D eigenvalue weighted by Gasteiger charge is 2.32. The molecular weight excluding hydrogens is 299 g/mol. The topological polar surface area (TPSA) is 20.2 Å². The zero-order valence-corrected chi connectivity index (χ0v) is 11.0. The van der Waals surface area contributed by atoms with Gasteiger partial charge in [0.25, 0.3) is 0 Å². The Hall–Kier alpha value is -0.0900. The SMILES string of the molecule is OC1(CI)CCC(c2ccccc2)CC1. The van der Waals surface area contributed by atoms with Gasteiger partial charge < -0.3 is 5.11 Å². The Balaban J connectivity index is 2.00. The minimum Gasteiger partial charge on any atom is -0.389 e. The second kappa shape index (κ2) is 4.83. The molecule has 0 saturated heterocycles. The van der Waals surface area contributed by atoms with Gasteiger partial charge in [0, 0.05) is 4.43 Å². The van der Waals surface area contributed by atoms with Gasteiger partial charge in [-0.2, -0.15) is 0 Å². The van der Waals surface area contributed by atoms with Crippen molar-refractivity contribution in [2.45, 2.75) is 37.2 Å². The minimum atomic E-state index is -0.383. The maximum atomic E-state index is 10.1. The second-order valence-corrected chi connectivity index (χ2v) is 5.31. The zero-order chi connectivity index (χ0) is 10.7. The Morgan fingerprint density at radius 1 is 1.20 bits per heavy atom. The number of hydrogen-bond donors (Lipinski definition) is 1. The molecule has 82 valence electrons. The lowest BCUT2D eigenvalue weighted by Gasteiger charge is -2.34. The van der Waals surface area contributed by atoms with Crippen molar-refractivity contribution in [2.75, 3.05) is 4.43 Å². The van der Waals surface area contributed by atoms with E-state index in [2.05, 4.69) is 52.9 Å². The largest absolute Gasteiger partial charge is 0.389 e. The van der Waals surface area contributed by atoms with Crippen molar-refractivity contribution in [3.63, 3.8) is 0 Å². The number of aliphatic hydroxyl groups is 1. The van der Waals surface area contributed by atoms with Gasteiger partial charge in [0.2, 0.25) is 0 Å². The second-order valence-electron chi connectivity index (χ2n) is 4.54. The molecule has 0 atom stereocenters. The molecule has 0 radical (unpaired) electrons. The van der Waals surface area contributed by atoms with Crippen molar-refractivity contribution in [3.05, 3.63) is 35.9 Å². The molecule has 1 aliphatic rings. The number of halogens is 1. The summed E-state index contributed by atoms with van der Waals surface area (Å²) in [5, 5.41) is 10.1. The molecule has 1 fully saturated rings. The first-order chi connectivity index (χ1) is 7.23. The molecule has 0 spiro atoms. The van der Waals surface area contributed by atoms with E-state index < -0.39 is 0 Å². The van der Waals surface area contributed by atoms with Gasteiger partial charge in [0.1, 0.15) is 0 Å². The molecule has 2 heteroatoms. The number of rotatable bonds is 2. The van der Waals surface area contributed by atoms with Crippen LogP contribution < -0.4 is 0 Å². The smallest absolute Gasteiger partial charge is 0.0737 e. The summed E-state index contributed by atoms with van der Waals surface area (Å²) in [6.45, 7) is 0. The third-order valence-corrected chi connectivity index (χ3v) is 4.86. The lowest BCUT2D eigenvalue weighted by molar-refractivity contribution is 0.0246. The van der Waals surface area contributed by atoms with Crippen LogP contribution in [-0.2, 0) is 0 Å². The zero-order valence-electron chi connectivity index (χ0n) is 8.82. The van der Waals surface area contributed by atoms with Crippen molar-refractivity contribution in [1.29, 1.82) is 0 Å². The van der Waals surface area contributed by atoms with Gasteiger partial charge in [-0.25, -0.2) is 0 Å². The maximum Gasteiger partial charge on any atom is 0.0737 e. The van der Waals surface area contributed by atoms with Gasteiger partial charge in [-0.1, -0.05) is 52.9 Å². The first-order valence-electron chi connectivity index (χ1n) is 5.57. The number of alkyl halides is 1. The van der Waals surface area contributed by atoms with E-state index in [9.17, 15) is 5.11 Å². The molecule has 15 heavy (non-hydrogen) atoms.